The molecular formula is C20H19N7O2. The Hall–Kier alpha value is -4.27. The highest BCUT2D eigenvalue weighted by atomic mass is 16.3. The molecule has 0 spiro atoms. The maximum Gasteiger partial charge on any atom is 0.256 e. The molecule has 0 saturated heterocycles. The van der Waals surface area contributed by atoms with Crippen molar-refractivity contribution in [2.45, 2.75) is 6.54 Å². The summed E-state index contributed by atoms with van der Waals surface area (Å²) in [6, 6.07) is 14.4. The summed E-state index contributed by atoms with van der Waals surface area (Å²) >= 11 is 0. The number of nitrogens with two attached hydrogens (primary N) is 1. The summed E-state index contributed by atoms with van der Waals surface area (Å²) in [6.45, 7) is 0.421. The van der Waals surface area contributed by atoms with E-state index in [1.807, 2.05) is 35.0 Å². The van der Waals surface area contributed by atoms with E-state index in [1.165, 1.54) is 0 Å². The predicted molar refractivity (Wildman–Crippen MR) is 109 cm³/mol. The van der Waals surface area contributed by atoms with Gasteiger partial charge in [0.05, 0.1) is 6.33 Å². The number of imidazole rings is 1. The summed E-state index contributed by atoms with van der Waals surface area (Å²) in [7, 11) is 0. The summed E-state index contributed by atoms with van der Waals surface area (Å²) in [5, 5.41) is 22.6. The lowest BCUT2D eigenvalue weighted by molar-refractivity contribution is 0.100. The summed E-state index contributed by atoms with van der Waals surface area (Å²) in [5.41, 5.74) is 8.46. The summed E-state index contributed by atoms with van der Waals surface area (Å²) in [4.78, 5) is 16.0. The monoisotopic (exact) mass is 389 g/mol. The molecule has 0 aliphatic carbocycles. The van der Waals surface area contributed by atoms with Crippen molar-refractivity contribution in [3.8, 4) is 11.4 Å². The fourth-order valence-electron chi connectivity index (χ4n) is 2.87. The summed E-state index contributed by atoms with van der Waals surface area (Å²) in [6.07, 6.45) is 5.28. The first kappa shape index (κ1) is 18.1. The molecule has 0 radical (unpaired) electrons. The van der Waals surface area contributed by atoms with Gasteiger partial charge in [-0.15, -0.1) is 0 Å². The van der Waals surface area contributed by atoms with E-state index in [1.54, 1.807) is 36.8 Å². The second-order valence-corrected chi connectivity index (χ2v) is 6.35. The summed E-state index contributed by atoms with van der Waals surface area (Å²) < 4.78 is 1.89. The maximum atomic E-state index is 12.0. The number of amides is 1. The van der Waals surface area contributed by atoms with Gasteiger partial charge >= 0.3 is 0 Å². The highest BCUT2D eigenvalue weighted by Gasteiger charge is 2.18. The van der Waals surface area contributed by atoms with Crippen LogP contribution in [0.15, 0.2) is 67.3 Å². The topological polar surface area (TPSA) is 134 Å². The number of aromatic nitrogens is 4. The van der Waals surface area contributed by atoms with Crippen LogP contribution in [0.4, 0.5) is 17.3 Å². The number of H-pyrrole nitrogens is 1. The van der Waals surface area contributed by atoms with E-state index in [9.17, 15) is 9.90 Å². The van der Waals surface area contributed by atoms with Crippen LogP contribution in [0.25, 0.3) is 5.69 Å². The van der Waals surface area contributed by atoms with E-state index < -0.39 is 5.91 Å². The first-order chi connectivity index (χ1) is 14.1. The molecule has 29 heavy (non-hydrogen) atoms. The average Bonchev–Trinajstić information content (AvgIpc) is 3.38. The van der Waals surface area contributed by atoms with Gasteiger partial charge in [0.15, 0.2) is 5.82 Å². The number of aromatic amines is 1. The Bertz CT molecular complexity index is 1100. The molecule has 0 unspecified atom stereocenters. The number of nitrogens with zero attached hydrogens (tertiary/aromatic N) is 3. The molecule has 6 N–H and O–H groups in total. The lowest BCUT2D eigenvalue weighted by atomic mass is 10.2. The minimum Gasteiger partial charge on any atom is -0.508 e. The van der Waals surface area contributed by atoms with Crippen molar-refractivity contribution in [1.29, 1.82) is 0 Å². The number of benzene rings is 2. The highest BCUT2D eigenvalue weighted by Crippen LogP contribution is 2.25. The largest absolute Gasteiger partial charge is 0.508 e. The summed E-state index contributed by atoms with van der Waals surface area (Å²) in [5.74, 6) is 0.338. The van der Waals surface area contributed by atoms with Crippen LogP contribution in [0.5, 0.6) is 5.75 Å². The third-order valence-electron chi connectivity index (χ3n) is 4.35. The van der Waals surface area contributed by atoms with Crippen molar-refractivity contribution < 1.29 is 9.90 Å². The van der Waals surface area contributed by atoms with Gasteiger partial charge in [-0.05, 0) is 42.0 Å². The van der Waals surface area contributed by atoms with E-state index >= 15 is 0 Å². The molecule has 1 amide bonds. The number of nitrogens with one attached hydrogen (secondary N) is 3. The Balaban J connectivity index is 1.50. The third kappa shape index (κ3) is 4.03. The van der Waals surface area contributed by atoms with Crippen molar-refractivity contribution in [3.63, 3.8) is 0 Å². The van der Waals surface area contributed by atoms with Crippen molar-refractivity contribution in [1.82, 2.24) is 19.7 Å². The third-order valence-corrected chi connectivity index (χ3v) is 4.35. The second-order valence-electron chi connectivity index (χ2n) is 6.35. The van der Waals surface area contributed by atoms with Gasteiger partial charge in [0.2, 0.25) is 0 Å². The minimum atomic E-state index is -0.607. The SMILES string of the molecule is NC(=O)c1c(NCc2ccc(O)cc2)n[nH]c1Nc1ccc(-n2ccnc2)cc1. The van der Waals surface area contributed by atoms with Crippen LogP contribution in [0.3, 0.4) is 0 Å². The number of phenols is 1. The number of hydrogen-bond donors (Lipinski definition) is 5. The van der Waals surface area contributed by atoms with Crippen molar-refractivity contribution in [2.75, 3.05) is 10.6 Å². The minimum absolute atomic E-state index is 0.192. The van der Waals surface area contributed by atoms with Crippen LogP contribution in [-0.4, -0.2) is 30.8 Å². The van der Waals surface area contributed by atoms with Crippen molar-refractivity contribution in [3.05, 3.63) is 78.4 Å². The van der Waals surface area contributed by atoms with E-state index in [0.717, 1.165) is 16.9 Å². The van der Waals surface area contributed by atoms with Gasteiger partial charge in [-0.1, -0.05) is 12.1 Å². The Morgan fingerprint density at radius 2 is 1.90 bits per heavy atom. The zero-order valence-corrected chi connectivity index (χ0v) is 15.3. The highest BCUT2D eigenvalue weighted by molar-refractivity contribution is 6.03. The molecule has 4 rings (SSSR count). The predicted octanol–water partition coefficient (Wildman–Crippen LogP) is 2.76. The van der Waals surface area contributed by atoms with E-state index in [4.69, 9.17) is 5.73 Å². The van der Waals surface area contributed by atoms with Gasteiger partial charge in [0.25, 0.3) is 5.91 Å². The molecule has 0 aliphatic rings. The molecule has 4 aromatic rings. The number of anilines is 3. The molecule has 2 aromatic heterocycles. The molecule has 146 valence electrons. The first-order valence-electron chi connectivity index (χ1n) is 8.85. The number of carbonyl (C=O) groups excluding carboxylic acids is 1. The van der Waals surface area contributed by atoms with Gasteiger partial charge in [-0.25, -0.2) is 4.98 Å². The van der Waals surface area contributed by atoms with E-state index in [-0.39, 0.29) is 11.3 Å². The average molecular weight is 389 g/mol. The fraction of sp³-hybridized carbons (Fsp3) is 0.0500. The molecule has 0 saturated carbocycles. The Morgan fingerprint density at radius 3 is 2.55 bits per heavy atom. The van der Waals surface area contributed by atoms with Gasteiger partial charge in [-0.3, -0.25) is 9.89 Å². The van der Waals surface area contributed by atoms with Crippen LogP contribution in [0.2, 0.25) is 0 Å². The quantitative estimate of drug-likeness (QED) is 0.330. The van der Waals surface area contributed by atoms with Crippen LogP contribution in [-0.2, 0) is 6.54 Å². The molecule has 0 fully saturated rings. The van der Waals surface area contributed by atoms with Gasteiger partial charge in [-0.2, -0.15) is 5.10 Å². The Labute approximate surface area is 166 Å². The first-order valence-corrected chi connectivity index (χ1v) is 8.85. The maximum absolute atomic E-state index is 12.0. The molecule has 2 aromatic carbocycles. The lowest BCUT2D eigenvalue weighted by Crippen LogP contribution is -2.15. The molecule has 0 bridgehead atoms. The molecular weight excluding hydrogens is 370 g/mol. The number of hydrogen-bond acceptors (Lipinski definition) is 6. The molecule has 0 atom stereocenters. The number of carbonyl (C=O) groups is 1. The standard InChI is InChI=1S/C20H19N7O2/c21-18(29)17-19(23-11-13-1-7-16(28)8-2-13)25-26-20(17)24-14-3-5-15(6-4-14)27-10-9-22-12-27/h1-10,12,28H,11H2,(H2,21,29)(H3,23,24,25,26). The number of phenolic OH excluding ortho intramolecular Hbond substituents is 1. The normalized spacial score (nSPS) is 10.6. The van der Waals surface area contributed by atoms with Crippen LogP contribution >= 0.6 is 0 Å². The van der Waals surface area contributed by atoms with E-state index in [2.05, 4.69) is 25.8 Å². The number of primary amides is 1. The van der Waals surface area contributed by atoms with Gasteiger partial charge < -0.3 is 26.0 Å². The Morgan fingerprint density at radius 1 is 1.14 bits per heavy atom. The molecule has 0 aliphatic heterocycles. The fourth-order valence-corrected chi connectivity index (χ4v) is 2.87. The van der Waals surface area contributed by atoms with Crippen molar-refractivity contribution in [2.24, 2.45) is 5.73 Å². The smallest absolute Gasteiger partial charge is 0.256 e. The van der Waals surface area contributed by atoms with E-state index in [0.29, 0.717) is 18.2 Å². The molecule has 2 heterocycles. The lowest BCUT2D eigenvalue weighted by Gasteiger charge is -2.08. The van der Waals surface area contributed by atoms with Crippen LogP contribution in [0.1, 0.15) is 15.9 Å². The van der Waals surface area contributed by atoms with Crippen molar-refractivity contribution >= 4 is 23.2 Å². The molecule has 9 heteroatoms. The van der Waals surface area contributed by atoms with Crippen LogP contribution in [0, 0.1) is 0 Å². The zero-order chi connectivity index (χ0) is 20.2. The van der Waals surface area contributed by atoms with Crippen LogP contribution < -0.4 is 16.4 Å². The number of aromatic hydroxyl groups is 1. The number of rotatable bonds is 7. The zero-order valence-electron chi connectivity index (χ0n) is 15.3. The van der Waals surface area contributed by atoms with Gasteiger partial charge in [0, 0.05) is 30.3 Å². The Kier molecular flexibility index (Phi) is 4.85. The second kappa shape index (κ2) is 7.77. The van der Waals surface area contributed by atoms with Gasteiger partial charge in [0.1, 0.15) is 17.1 Å². The molecule has 9 nitrogen and oxygen atoms in total.